The van der Waals surface area contributed by atoms with Crippen molar-refractivity contribution >= 4 is 27.5 Å². The molecular weight excluding hydrogens is 566 g/mol. The van der Waals surface area contributed by atoms with E-state index in [-0.39, 0.29) is 23.3 Å². The monoisotopic (exact) mass is 590 g/mol. The quantitative estimate of drug-likeness (QED) is 0.191. The molecule has 2 amide bonds. The molecule has 3 rings (SSSR count). The van der Waals surface area contributed by atoms with Crippen LogP contribution in [0.25, 0.3) is 0 Å². The second-order valence-electron chi connectivity index (χ2n) is 9.35. The Morgan fingerprint density at radius 1 is 0.825 bits per heavy atom. The summed E-state index contributed by atoms with van der Waals surface area (Å²) < 4.78 is 118. The molecule has 0 aliphatic carbocycles. The van der Waals surface area contributed by atoms with E-state index in [1.165, 1.54) is 36.4 Å². The van der Waals surface area contributed by atoms with Crippen molar-refractivity contribution in [3.8, 4) is 11.5 Å². The van der Waals surface area contributed by atoms with Gasteiger partial charge in [0.25, 0.3) is 10.1 Å². The van der Waals surface area contributed by atoms with Crippen LogP contribution in [-0.4, -0.2) is 19.0 Å². The van der Waals surface area contributed by atoms with Gasteiger partial charge in [-0.05, 0) is 59.9 Å². The van der Waals surface area contributed by atoms with E-state index in [4.69, 9.17) is 4.74 Å². The fraction of sp³-hybridized carbons (Fsp3) is 0.269. The van der Waals surface area contributed by atoms with Crippen LogP contribution >= 0.6 is 0 Å². The zero-order valence-corrected chi connectivity index (χ0v) is 22.1. The van der Waals surface area contributed by atoms with Gasteiger partial charge in [-0.1, -0.05) is 39.0 Å². The summed E-state index contributed by atoms with van der Waals surface area (Å²) in [6, 6.07) is 9.07. The number of anilines is 2. The van der Waals surface area contributed by atoms with Crippen LogP contribution in [0.15, 0.2) is 65.6 Å². The largest absolute Gasteiger partial charge is 0.454 e. The maximum atomic E-state index is 13.1. The highest BCUT2D eigenvalue weighted by Gasteiger charge is 2.37. The maximum absolute atomic E-state index is 13.1. The molecular formula is C26H24F6N2O5S. The number of carbonyl (C=O) groups is 1. The van der Waals surface area contributed by atoms with Crippen LogP contribution in [0.5, 0.6) is 11.5 Å². The SMILES string of the molecule is CCC(C)(C)c1ccc(Oc2ccccc2NC(=O)Nc2cc(C(F)(F)F)cc(C(F)(F)F)c2)c(S(=O)(=O)O)c1. The lowest BCUT2D eigenvalue weighted by molar-refractivity contribution is -0.143. The Balaban J connectivity index is 1.92. The molecule has 0 saturated heterocycles. The van der Waals surface area contributed by atoms with Crippen LogP contribution in [0.1, 0.15) is 43.9 Å². The number of hydrogen-bond acceptors (Lipinski definition) is 4. The fourth-order valence-corrected chi connectivity index (χ4v) is 4.15. The van der Waals surface area contributed by atoms with Crippen LogP contribution < -0.4 is 15.4 Å². The third-order valence-corrected chi connectivity index (χ3v) is 6.96. The van der Waals surface area contributed by atoms with Crippen LogP contribution in [-0.2, 0) is 27.9 Å². The Morgan fingerprint density at radius 2 is 1.40 bits per heavy atom. The molecule has 14 heteroatoms. The summed E-state index contributed by atoms with van der Waals surface area (Å²) in [7, 11) is -4.76. The van der Waals surface area contributed by atoms with E-state index < -0.39 is 55.6 Å². The number of alkyl halides is 6. The highest BCUT2D eigenvalue weighted by Crippen LogP contribution is 2.39. The number of amides is 2. The van der Waals surface area contributed by atoms with E-state index >= 15 is 0 Å². The summed E-state index contributed by atoms with van der Waals surface area (Å²) in [5.41, 5.74) is -3.96. The third-order valence-electron chi connectivity index (χ3n) is 6.09. The van der Waals surface area contributed by atoms with Crippen LogP contribution in [0.2, 0.25) is 0 Å². The normalized spacial score (nSPS) is 12.7. The van der Waals surface area contributed by atoms with E-state index in [0.717, 1.165) is 0 Å². The topological polar surface area (TPSA) is 105 Å². The van der Waals surface area contributed by atoms with E-state index in [9.17, 15) is 44.1 Å². The summed E-state index contributed by atoms with van der Waals surface area (Å²) in [6.07, 6.45) is -9.57. The first-order valence-electron chi connectivity index (χ1n) is 11.6. The molecule has 0 spiro atoms. The molecule has 0 fully saturated rings. The van der Waals surface area contributed by atoms with Gasteiger partial charge in [-0.15, -0.1) is 0 Å². The number of rotatable bonds is 7. The molecule has 0 saturated carbocycles. The van der Waals surface area contributed by atoms with Crippen molar-refractivity contribution < 1.29 is 48.8 Å². The minimum atomic E-state index is -5.11. The van der Waals surface area contributed by atoms with Crippen LogP contribution in [0.3, 0.4) is 0 Å². The van der Waals surface area contributed by atoms with Gasteiger partial charge in [0.1, 0.15) is 10.6 Å². The molecule has 0 aliphatic heterocycles. The predicted octanol–water partition coefficient (Wildman–Crippen LogP) is 8.09. The van der Waals surface area contributed by atoms with E-state index in [0.29, 0.717) is 24.1 Å². The molecule has 216 valence electrons. The molecule has 0 atom stereocenters. The van der Waals surface area contributed by atoms with Gasteiger partial charge in [-0.25, -0.2) is 4.79 Å². The second-order valence-corrected chi connectivity index (χ2v) is 10.7. The Labute approximate surface area is 225 Å². The molecule has 40 heavy (non-hydrogen) atoms. The van der Waals surface area contributed by atoms with Gasteiger partial charge in [0.15, 0.2) is 5.75 Å². The number of halogens is 6. The lowest BCUT2D eigenvalue weighted by Gasteiger charge is -2.24. The van der Waals surface area contributed by atoms with Gasteiger partial charge in [0, 0.05) is 5.69 Å². The number of benzene rings is 3. The molecule has 0 radical (unpaired) electrons. The minimum absolute atomic E-state index is 0.0775. The summed E-state index contributed by atoms with van der Waals surface area (Å²) in [5.74, 6) is -0.425. The number of ether oxygens (including phenoxy) is 1. The first kappa shape index (κ1) is 30.8. The minimum Gasteiger partial charge on any atom is -0.454 e. The fourth-order valence-electron chi connectivity index (χ4n) is 3.51. The molecule has 0 unspecified atom stereocenters. The van der Waals surface area contributed by atoms with Crippen LogP contribution in [0.4, 0.5) is 42.5 Å². The molecule has 3 N–H and O–H groups in total. The Kier molecular flexibility index (Phi) is 8.46. The van der Waals surface area contributed by atoms with Gasteiger partial charge < -0.3 is 15.4 Å². The van der Waals surface area contributed by atoms with Crippen molar-refractivity contribution in [2.75, 3.05) is 10.6 Å². The first-order valence-corrected chi connectivity index (χ1v) is 13.0. The predicted molar refractivity (Wildman–Crippen MR) is 135 cm³/mol. The van der Waals surface area contributed by atoms with Crippen molar-refractivity contribution in [1.82, 2.24) is 0 Å². The lowest BCUT2D eigenvalue weighted by Crippen LogP contribution is -2.21. The van der Waals surface area contributed by atoms with Crippen molar-refractivity contribution in [3.05, 3.63) is 77.4 Å². The van der Waals surface area contributed by atoms with Gasteiger partial charge in [-0.3, -0.25) is 4.55 Å². The standard InChI is InChI=1S/C26H24F6N2O5S/c1-4-24(2,3)15-9-10-21(22(14-15)40(36,37)38)39-20-8-6-5-7-19(20)34-23(35)33-18-12-16(25(27,28)29)11-17(13-18)26(30,31)32/h5-14H,4H2,1-3H3,(H2,33,34,35)(H,36,37,38). The van der Waals surface area contributed by atoms with E-state index in [2.05, 4.69) is 5.32 Å². The van der Waals surface area contributed by atoms with Gasteiger partial charge in [0.05, 0.1) is 16.8 Å². The van der Waals surface area contributed by atoms with Crippen molar-refractivity contribution in [2.45, 2.75) is 49.9 Å². The maximum Gasteiger partial charge on any atom is 0.416 e. The Bertz CT molecular complexity index is 1490. The highest BCUT2D eigenvalue weighted by molar-refractivity contribution is 7.86. The summed E-state index contributed by atoms with van der Waals surface area (Å²) in [6.45, 7) is 5.64. The van der Waals surface area contributed by atoms with Crippen LogP contribution in [0, 0.1) is 0 Å². The smallest absolute Gasteiger partial charge is 0.416 e. The number of urea groups is 1. The molecule has 0 bridgehead atoms. The zero-order valence-electron chi connectivity index (χ0n) is 21.2. The Hall–Kier alpha value is -3.78. The zero-order chi connectivity index (χ0) is 30.1. The molecule has 0 aromatic heterocycles. The molecule has 3 aromatic carbocycles. The van der Waals surface area contributed by atoms with Gasteiger partial charge in [-0.2, -0.15) is 34.8 Å². The van der Waals surface area contributed by atoms with Gasteiger partial charge >= 0.3 is 18.4 Å². The van der Waals surface area contributed by atoms with Crippen molar-refractivity contribution in [3.63, 3.8) is 0 Å². The molecule has 3 aromatic rings. The number of carbonyl (C=O) groups excluding carboxylic acids is 1. The third kappa shape index (κ3) is 7.45. The van der Waals surface area contributed by atoms with E-state index in [1.54, 1.807) is 6.07 Å². The Morgan fingerprint density at radius 3 is 1.93 bits per heavy atom. The lowest BCUT2D eigenvalue weighted by atomic mass is 9.82. The summed E-state index contributed by atoms with van der Waals surface area (Å²) in [5, 5.41) is 4.18. The van der Waals surface area contributed by atoms with Crippen molar-refractivity contribution in [1.29, 1.82) is 0 Å². The molecule has 7 nitrogen and oxygen atoms in total. The van der Waals surface area contributed by atoms with Crippen molar-refractivity contribution in [2.24, 2.45) is 0 Å². The summed E-state index contributed by atoms with van der Waals surface area (Å²) in [4.78, 5) is 12.0. The number of hydrogen-bond donors (Lipinski definition) is 3. The summed E-state index contributed by atoms with van der Waals surface area (Å²) >= 11 is 0. The first-order chi connectivity index (χ1) is 18.3. The van der Waals surface area contributed by atoms with Gasteiger partial charge in [0.2, 0.25) is 0 Å². The molecule has 0 aliphatic rings. The number of para-hydroxylation sites is 2. The second kappa shape index (κ2) is 11.0. The average molecular weight is 591 g/mol. The molecule has 0 heterocycles. The highest BCUT2D eigenvalue weighted by atomic mass is 32.2. The average Bonchev–Trinajstić information content (AvgIpc) is 2.83. The van der Waals surface area contributed by atoms with E-state index in [1.807, 2.05) is 26.1 Å². The number of nitrogens with one attached hydrogen (secondary N) is 2.